The molecule has 0 unspecified atom stereocenters. The van der Waals surface area contributed by atoms with E-state index in [1.807, 2.05) is 27.8 Å². The number of hydrogen-bond acceptors (Lipinski definition) is 0. The third kappa shape index (κ3) is 25.2. The number of hydrogen-bond donors (Lipinski definition) is 0. The summed E-state index contributed by atoms with van der Waals surface area (Å²) in [7, 11) is 0. The maximum absolute atomic E-state index is 2.43. The minimum absolute atomic E-state index is 0. The summed E-state index contributed by atoms with van der Waals surface area (Å²) in [5.41, 5.74) is 12.5. The molecular formula is C52H94Fe. The van der Waals surface area contributed by atoms with Crippen molar-refractivity contribution in [1.82, 2.24) is 0 Å². The second-order valence-corrected chi connectivity index (χ2v) is 16.7. The molecule has 0 nitrogen and oxygen atoms in total. The molecule has 2 rings (SSSR count). The van der Waals surface area contributed by atoms with Gasteiger partial charge >= 0.3 is 17.1 Å². The van der Waals surface area contributed by atoms with Gasteiger partial charge in [0.2, 0.25) is 0 Å². The minimum atomic E-state index is 0. The van der Waals surface area contributed by atoms with E-state index in [0.29, 0.717) is 0 Å². The number of unbranched alkanes of at least 4 members (excludes halogenated alkanes) is 21. The first-order valence-corrected chi connectivity index (χ1v) is 24.2. The molecule has 0 atom stereocenters. The molecule has 2 aromatic carbocycles. The van der Waals surface area contributed by atoms with Crippen molar-refractivity contribution < 1.29 is 17.1 Å². The maximum atomic E-state index is 2.43. The van der Waals surface area contributed by atoms with Crippen molar-refractivity contribution in [2.45, 2.75) is 273 Å². The number of rotatable bonds is 35. The molecule has 0 radical (unpaired) electrons. The summed E-state index contributed by atoms with van der Waals surface area (Å²) in [6.45, 7) is 16.3. The van der Waals surface area contributed by atoms with Gasteiger partial charge in [-0.3, -0.25) is 0 Å². The molecule has 0 amide bonds. The summed E-state index contributed by atoms with van der Waals surface area (Å²) in [4.78, 5) is 0. The quantitative estimate of drug-likeness (QED) is 0.0372. The molecule has 0 aliphatic carbocycles. The van der Waals surface area contributed by atoms with Gasteiger partial charge in [-0.2, -0.15) is 51.1 Å². The maximum Gasteiger partial charge on any atom is 2.00 e. The molecule has 0 aliphatic rings. The van der Waals surface area contributed by atoms with Crippen LogP contribution in [0.25, 0.3) is 0 Å². The van der Waals surface area contributed by atoms with Gasteiger partial charge in [0, 0.05) is 0 Å². The van der Waals surface area contributed by atoms with Crippen molar-refractivity contribution in [2.75, 3.05) is 0 Å². The molecule has 0 bridgehead atoms. The van der Waals surface area contributed by atoms with E-state index in [-0.39, 0.29) is 17.1 Å². The molecule has 0 saturated carbocycles. The predicted molar refractivity (Wildman–Crippen MR) is 239 cm³/mol. The average molecular weight is 775 g/mol. The Kier molecular flexibility index (Phi) is 37.5. The summed E-state index contributed by atoms with van der Waals surface area (Å²) in [5, 5.41) is 0. The first kappa shape index (κ1) is 52.2. The predicted octanol–water partition coefficient (Wildman–Crippen LogP) is 17.7. The smallest absolute Gasteiger partial charge is 0.207 e. The van der Waals surface area contributed by atoms with E-state index < -0.39 is 0 Å². The van der Waals surface area contributed by atoms with Crippen LogP contribution in [0.15, 0.2) is 18.2 Å². The van der Waals surface area contributed by atoms with Gasteiger partial charge in [-0.05, 0) is 0 Å². The van der Waals surface area contributed by atoms with Crippen molar-refractivity contribution in [1.29, 1.82) is 0 Å². The summed E-state index contributed by atoms with van der Waals surface area (Å²) >= 11 is 0. The normalized spacial score (nSPS) is 11.2. The number of aryl methyl sites for hydroxylation is 2. The van der Waals surface area contributed by atoms with Crippen LogP contribution in [0.4, 0.5) is 0 Å². The Morgan fingerprint density at radius 1 is 0.377 bits per heavy atom. The van der Waals surface area contributed by atoms with Gasteiger partial charge in [-0.15, -0.1) is 0 Å². The van der Waals surface area contributed by atoms with Crippen LogP contribution in [0.5, 0.6) is 0 Å². The van der Waals surface area contributed by atoms with Crippen LogP contribution in [0, 0.1) is 0 Å². The molecule has 0 saturated heterocycles. The average Bonchev–Trinajstić information content (AvgIpc) is 3.72. The second kappa shape index (κ2) is 38.1. The monoisotopic (exact) mass is 775 g/mol. The van der Waals surface area contributed by atoms with Gasteiger partial charge in [0.1, 0.15) is 0 Å². The Labute approximate surface area is 345 Å². The van der Waals surface area contributed by atoms with E-state index >= 15 is 0 Å². The minimum Gasteiger partial charge on any atom is -0.207 e. The molecule has 0 aliphatic heterocycles. The van der Waals surface area contributed by atoms with Crippen LogP contribution < -0.4 is 0 Å². The third-order valence-electron chi connectivity index (χ3n) is 11.7. The fourth-order valence-electron chi connectivity index (χ4n) is 8.43. The Bertz CT molecular complexity index is 856. The molecule has 2 aromatic rings. The van der Waals surface area contributed by atoms with E-state index in [2.05, 4.69) is 66.7 Å². The molecule has 0 aromatic heterocycles. The first-order chi connectivity index (χ1) is 25.6. The molecule has 1 heteroatoms. The van der Waals surface area contributed by atoms with Crippen LogP contribution in [-0.4, -0.2) is 0 Å². The van der Waals surface area contributed by atoms with Crippen molar-refractivity contribution in [2.24, 2.45) is 0 Å². The van der Waals surface area contributed by atoms with Crippen LogP contribution in [0.3, 0.4) is 0 Å². The molecule has 0 fully saturated rings. The van der Waals surface area contributed by atoms with Crippen LogP contribution in [0.1, 0.15) is 267 Å². The summed E-state index contributed by atoms with van der Waals surface area (Å²) in [6.07, 6.45) is 48.3. The third-order valence-corrected chi connectivity index (χ3v) is 11.7. The molecule has 0 N–H and O–H groups in total. The zero-order chi connectivity index (χ0) is 37.9. The topological polar surface area (TPSA) is 0 Å². The van der Waals surface area contributed by atoms with E-state index in [9.17, 15) is 0 Å². The van der Waals surface area contributed by atoms with E-state index in [1.54, 1.807) is 11.1 Å². The van der Waals surface area contributed by atoms with Gasteiger partial charge in [0.25, 0.3) is 0 Å². The second-order valence-electron chi connectivity index (χ2n) is 16.7. The van der Waals surface area contributed by atoms with E-state index in [4.69, 9.17) is 0 Å². The largest absolute Gasteiger partial charge is 2.00 e. The van der Waals surface area contributed by atoms with Gasteiger partial charge < -0.3 is 0 Å². The van der Waals surface area contributed by atoms with E-state index in [1.165, 1.54) is 225 Å². The Morgan fingerprint density at radius 2 is 0.717 bits per heavy atom. The van der Waals surface area contributed by atoms with Crippen LogP contribution >= 0.6 is 0 Å². The van der Waals surface area contributed by atoms with Gasteiger partial charge in [-0.25, -0.2) is 6.07 Å². The molecular weight excluding hydrogens is 680 g/mol. The van der Waals surface area contributed by atoms with Crippen molar-refractivity contribution >= 4 is 0 Å². The Morgan fingerprint density at radius 3 is 1.11 bits per heavy atom. The molecule has 53 heavy (non-hydrogen) atoms. The first-order valence-electron chi connectivity index (χ1n) is 24.2. The summed E-state index contributed by atoms with van der Waals surface area (Å²) < 4.78 is 0. The van der Waals surface area contributed by atoms with Crippen molar-refractivity contribution in [3.05, 3.63) is 57.1 Å². The zero-order valence-corrected chi connectivity index (χ0v) is 38.4. The Balaban J connectivity index is 0.00000126. The van der Waals surface area contributed by atoms with Crippen molar-refractivity contribution in [3.63, 3.8) is 0 Å². The molecule has 0 spiro atoms. The summed E-state index contributed by atoms with van der Waals surface area (Å²) in [5.74, 6) is 0. The van der Waals surface area contributed by atoms with Gasteiger partial charge in [0.15, 0.2) is 0 Å². The van der Waals surface area contributed by atoms with E-state index in [0.717, 1.165) is 0 Å². The van der Waals surface area contributed by atoms with Gasteiger partial charge in [0.05, 0.1) is 0 Å². The fourth-order valence-corrected chi connectivity index (χ4v) is 8.43. The van der Waals surface area contributed by atoms with Crippen LogP contribution in [0.2, 0.25) is 0 Å². The van der Waals surface area contributed by atoms with Crippen LogP contribution in [-0.2, 0) is 62.0 Å². The molecule has 0 heterocycles. The van der Waals surface area contributed by atoms with Gasteiger partial charge in [-0.1, -0.05) is 273 Å². The van der Waals surface area contributed by atoms with Crippen molar-refractivity contribution in [3.8, 4) is 0 Å². The zero-order valence-electron chi connectivity index (χ0n) is 37.3. The fraction of sp³-hybridized carbons (Fsp3) is 0.808. The SMILES string of the molecule is CCCCCCc1c(CCCCCC)c(CCCCCC)[c-](CCCCCC)c1CCCCCC.CCCCCCc1c[cH-]c(CCCCCC)c1.[Fe+2]. The summed E-state index contributed by atoms with van der Waals surface area (Å²) in [6, 6.07) is 7.10. The molecule has 310 valence electrons. The standard InChI is InChI=1S/C35H65.C17H29.Fe/c1-6-11-16-21-26-31-32(27-22-17-12-7-2)34(29-24-19-14-9-4)35(30-25-20-15-10-5)33(31)28-23-18-13-8-3;1-3-5-7-9-11-16-13-14-17(15-16)12-10-8-6-4-2;/h6-30H2,1-5H3;13-15H,3-12H2,1-2H3;/q2*-1;+2. The Hall–Kier alpha value is -0.781.